The highest BCUT2D eigenvalue weighted by Gasteiger charge is 2.30. The first-order valence-electron chi connectivity index (χ1n) is 9.89. The summed E-state index contributed by atoms with van der Waals surface area (Å²) in [7, 11) is -3.84. The minimum absolute atomic E-state index is 0.0336. The van der Waals surface area contributed by atoms with Gasteiger partial charge in [0, 0.05) is 11.3 Å². The van der Waals surface area contributed by atoms with Crippen LogP contribution < -0.4 is 15.4 Å². The summed E-state index contributed by atoms with van der Waals surface area (Å²) in [4.78, 5) is 24.4. The van der Waals surface area contributed by atoms with Crippen LogP contribution in [0.25, 0.3) is 0 Å². The van der Waals surface area contributed by atoms with Crippen molar-refractivity contribution in [2.45, 2.75) is 18.0 Å². The van der Waals surface area contributed by atoms with Gasteiger partial charge in [0.05, 0.1) is 22.7 Å². The smallest absolute Gasteiger partial charge is 0.343 e. The van der Waals surface area contributed by atoms with Crippen molar-refractivity contribution in [3.8, 4) is 0 Å². The Labute approximate surface area is 194 Å². The van der Waals surface area contributed by atoms with Gasteiger partial charge in [-0.2, -0.15) is 13.2 Å². The Hall–Kier alpha value is -3.86. The van der Waals surface area contributed by atoms with Crippen LogP contribution >= 0.6 is 0 Å². The Morgan fingerprint density at radius 3 is 2.18 bits per heavy atom. The lowest BCUT2D eigenvalue weighted by atomic mass is 10.1. The van der Waals surface area contributed by atoms with Gasteiger partial charge in [-0.3, -0.25) is 14.3 Å². The molecule has 34 heavy (non-hydrogen) atoms. The van der Waals surface area contributed by atoms with Crippen LogP contribution in [0, 0.1) is 6.92 Å². The molecule has 0 radical (unpaired) electrons. The largest absolute Gasteiger partial charge is 0.416 e. The van der Waals surface area contributed by atoms with E-state index in [2.05, 4.69) is 15.4 Å². The van der Waals surface area contributed by atoms with E-state index in [0.29, 0.717) is 5.56 Å². The molecule has 7 nitrogen and oxygen atoms in total. The molecule has 178 valence electrons. The molecule has 3 N–H and O–H groups in total. The summed E-state index contributed by atoms with van der Waals surface area (Å²) in [5.41, 5.74) is 0.238. The number of aryl methyl sites for hydroxylation is 1. The predicted octanol–water partition coefficient (Wildman–Crippen LogP) is 4.18. The van der Waals surface area contributed by atoms with Crippen molar-refractivity contribution in [1.82, 2.24) is 5.32 Å². The number of halogens is 3. The van der Waals surface area contributed by atoms with E-state index in [0.717, 1.165) is 24.3 Å². The minimum Gasteiger partial charge on any atom is -0.343 e. The Morgan fingerprint density at radius 1 is 0.912 bits per heavy atom. The van der Waals surface area contributed by atoms with Crippen LogP contribution in [0.4, 0.5) is 24.5 Å². The first-order chi connectivity index (χ1) is 16.0. The van der Waals surface area contributed by atoms with E-state index in [1.165, 1.54) is 18.2 Å². The second-order valence-corrected chi connectivity index (χ2v) is 8.94. The molecule has 0 bridgehead atoms. The molecule has 0 spiro atoms. The molecule has 0 unspecified atom stereocenters. The van der Waals surface area contributed by atoms with Crippen LogP contribution in [-0.2, 0) is 21.0 Å². The number of nitrogens with one attached hydrogen (secondary N) is 3. The van der Waals surface area contributed by atoms with E-state index in [1.807, 2.05) is 0 Å². The molecule has 0 fully saturated rings. The number of hydrogen-bond acceptors (Lipinski definition) is 4. The second kappa shape index (κ2) is 9.96. The number of benzene rings is 3. The number of hydrogen-bond donors (Lipinski definition) is 3. The van der Waals surface area contributed by atoms with Crippen molar-refractivity contribution >= 4 is 33.2 Å². The Morgan fingerprint density at radius 2 is 1.56 bits per heavy atom. The van der Waals surface area contributed by atoms with Crippen LogP contribution in [0.15, 0.2) is 77.7 Å². The van der Waals surface area contributed by atoms with Gasteiger partial charge in [0.2, 0.25) is 5.91 Å². The molecule has 0 atom stereocenters. The maximum absolute atomic E-state index is 12.6. The summed E-state index contributed by atoms with van der Waals surface area (Å²) >= 11 is 0. The van der Waals surface area contributed by atoms with Crippen molar-refractivity contribution in [2.24, 2.45) is 0 Å². The van der Waals surface area contributed by atoms with E-state index >= 15 is 0 Å². The first kappa shape index (κ1) is 24.8. The molecule has 0 aliphatic rings. The van der Waals surface area contributed by atoms with Crippen molar-refractivity contribution < 1.29 is 31.2 Å². The monoisotopic (exact) mass is 491 g/mol. The molecule has 0 saturated carbocycles. The third kappa shape index (κ3) is 6.35. The van der Waals surface area contributed by atoms with Crippen molar-refractivity contribution in [3.63, 3.8) is 0 Å². The molecule has 0 aliphatic heterocycles. The molecular formula is C23H20F3N3O4S. The molecular weight excluding hydrogens is 471 g/mol. The molecule has 3 aromatic rings. The van der Waals surface area contributed by atoms with Gasteiger partial charge in [0.25, 0.3) is 15.9 Å². The van der Waals surface area contributed by atoms with Gasteiger partial charge in [-0.15, -0.1) is 0 Å². The fourth-order valence-corrected chi connectivity index (χ4v) is 4.03. The van der Waals surface area contributed by atoms with Crippen molar-refractivity contribution in [2.75, 3.05) is 16.6 Å². The van der Waals surface area contributed by atoms with Gasteiger partial charge < -0.3 is 10.6 Å². The number of amides is 2. The topological polar surface area (TPSA) is 104 Å². The van der Waals surface area contributed by atoms with Crippen molar-refractivity contribution in [1.29, 1.82) is 0 Å². The van der Waals surface area contributed by atoms with Crippen LogP contribution in [0.3, 0.4) is 0 Å². The molecule has 3 aromatic carbocycles. The molecule has 2 amide bonds. The molecule has 11 heteroatoms. The zero-order valence-electron chi connectivity index (χ0n) is 17.8. The number of anilines is 2. The number of rotatable bonds is 7. The number of sulfonamides is 1. The van der Waals surface area contributed by atoms with Crippen LogP contribution in [0.5, 0.6) is 0 Å². The van der Waals surface area contributed by atoms with E-state index in [9.17, 15) is 31.2 Å². The predicted molar refractivity (Wildman–Crippen MR) is 121 cm³/mol. The Bertz CT molecular complexity index is 1290. The molecule has 0 aliphatic carbocycles. The lowest BCUT2D eigenvalue weighted by Gasteiger charge is -2.13. The van der Waals surface area contributed by atoms with E-state index in [-0.39, 0.29) is 21.8 Å². The summed E-state index contributed by atoms with van der Waals surface area (Å²) in [6, 6.07) is 16.0. The summed E-state index contributed by atoms with van der Waals surface area (Å²) < 4.78 is 65.5. The van der Waals surface area contributed by atoms with E-state index < -0.39 is 40.1 Å². The van der Waals surface area contributed by atoms with Gasteiger partial charge in [-0.25, -0.2) is 8.42 Å². The highest BCUT2D eigenvalue weighted by Crippen LogP contribution is 2.29. The number of carbonyl (C=O) groups excluding carboxylic acids is 2. The third-order valence-corrected chi connectivity index (χ3v) is 6.08. The van der Waals surface area contributed by atoms with Gasteiger partial charge in [-0.05, 0) is 61.0 Å². The average Bonchev–Trinajstić information content (AvgIpc) is 2.79. The molecule has 0 saturated heterocycles. The Balaban J connectivity index is 1.61. The highest BCUT2D eigenvalue weighted by atomic mass is 32.2. The highest BCUT2D eigenvalue weighted by molar-refractivity contribution is 7.92. The van der Waals surface area contributed by atoms with Gasteiger partial charge in [-0.1, -0.05) is 24.3 Å². The summed E-state index contributed by atoms with van der Waals surface area (Å²) in [5.74, 6) is -1.33. The van der Waals surface area contributed by atoms with Crippen molar-refractivity contribution in [3.05, 3.63) is 89.5 Å². The van der Waals surface area contributed by atoms with E-state index in [1.54, 1.807) is 37.3 Å². The van der Waals surface area contributed by atoms with Gasteiger partial charge in [0.15, 0.2) is 0 Å². The maximum Gasteiger partial charge on any atom is 0.416 e. The van der Waals surface area contributed by atoms with Crippen LogP contribution in [-0.4, -0.2) is 26.8 Å². The van der Waals surface area contributed by atoms with E-state index in [4.69, 9.17) is 0 Å². The first-order valence-corrected chi connectivity index (χ1v) is 11.4. The summed E-state index contributed by atoms with van der Waals surface area (Å²) in [5, 5.41) is 4.85. The zero-order chi connectivity index (χ0) is 24.9. The third-order valence-electron chi connectivity index (χ3n) is 4.70. The lowest BCUT2D eigenvalue weighted by molar-refractivity contribution is -0.137. The average molecular weight is 491 g/mol. The minimum atomic E-state index is -4.52. The summed E-state index contributed by atoms with van der Waals surface area (Å²) in [6.07, 6.45) is -4.52. The standard InChI is InChI=1S/C23H20F3N3O4S/c1-15-7-12-18(13-20(15)29-34(32,33)19-5-3-2-4-6-19)28-21(30)14-27-22(31)16-8-10-17(11-9-16)23(24,25)26/h2-13,29H,14H2,1H3,(H,27,31)(H,28,30). The normalized spacial score (nSPS) is 11.5. The van der Waals surface area contributed by atoms with Crippen LogP contribution in [0.2, 0.25) is 0 Å². The number of alkyl halides is 3. The molecule has 3 rings (SSSR count). The van der Waals surface area contributed by atoms with Crippen LogP contribution in [0.1, 0.15) is 21.5 Å². The lowest BCUT2D eigenvalue weighted by Crippen LogP contribution is -2.32. The zero-order valence-corrected chi connectivity index (χ0v) is 18.6. The Kier molecular flexibility index (Phi) is 7.26. The van der Waals surface area contributed by atoms with Gasteiger partial charge >= 0.3 is 6.18 Å². The SMILES string of the molecule is Cc1ccc(NC(=O)CNC(=O)c2ccc(C(F)(F)F)cc2)cc1NS(=O)(=O)c1ccccc1. The molecule has 0 aromatic heterocycles. The van der Waals surface area contributed by atoms with Gasteiger partial charge in [0.1, 0.15) is 0 Å². The number of carbonyl (C=O) groups is 2. The maximum atomic E-state index is 12.6. The quantitative estimate of drug-likeness (QED) is 0.461. The second-order valence-electron chi connectivity index (χ2n) is 7.25. The molecule has 0 heterocycles. The summed E-state index contributed by atoms with van der Waals surface area (Å²) in [6.45, 7) is 1.25. The fraction of sp³-hybridized carbons (Fsp3) is 0.130. The fourth-order valence-electron chi connectivity index (χ4n) is 2.89.